The summed E-state index contributed by atoms with van der Waals surface area (Å²) in [5.74, 6) is 2.27. The van der Waals surface area contributed by atoms with Crippen molar-refractivity contribution < 1.29 is 9.63 Å². The molecule has 2 heterocycles. The summed E-state index contributed by atoms with van der Waals surface area (Å²) in [5, 5.41) is 14.2. The van der Waals surface area contributed by atoms with E-state index in [0.29, 0.717) is 22.4 Å². The number of hydrogen-bond acceptors (Lipinski definition) is 6. The Morgan fingerprint density at radius 2 is 2.26 bits per heavy atom. The Morgan fingerprint density at radius 1 is 1.37 bits per heavy atom. The molecule has 19 heavy (non-hydrogen) atoms. The lowest BCUT2D eigenvalue weighted by molar-refractivity contribution is 0.415. The topological polar surface area (TPSA) is 85.2 Å². The zero-order chi connectivity index (χ0) is 13.2. The molecule has 0 aliphatic carbocycles. The number of hydrogen-bond donors (Lipinski definition) is 2. The molecule has 2 aromatic rings. The van der Waals surface area contributed by atoms with Gasteiger partial charge in [0.1, 0.15) is 5.75 Å². The van der Waals surface area contributed by atoms with Gasteiger partial charge in [0, 0.05) is 11.8 Å². The third-order valence-electron chi connectivity index (χ3n) is 3.16. The summed E-state index contributed by atoms with van der Waals surface area (Å²) in [4.78, 5) is 4.40. The van der Waals surface area contributed by atoms with Gasteiger partial charge in [-0.25, -0.2) is 0 Å². The van der Waals surface area contributed by atoms with Gasteiger partial charge in [0.15, 0.2) is 5.82 Å². The zero-order valence-electron chi connectivity index (χ0n) is 10.4. The van der Waals surface area contributed by atoms with Gasteiger partial charge in [0.05, 0.1) is 10.8 Å². The molecule has 1 aromatic carbocycles. The molecule has 5 nitrogen and oxygen atoms in total. The smallest absolute Gasteiger partial charge is 0.261 e. The molecule has 1 atom stereocenters. The number of nitrogen functional groups attached to an aromatic ring is 1. The maximum Gasteiger partial charge on any atom is 0.261 e. The van der Waals surface area contributed by atoms with Crippen molar-refractivity contribution in [2.75, 3.05) is 11.5 Å². The average molecular weight is 277 g/mol. The van der Waals surface area contributed by atoms with Gasteiger partial charge in [-0.3, -0.25) is 0 Å². The fraction of sp³-hybridized carbons (Fsp3) is 0.385. The lowest BCUT2D eigenvalue weighted by Crippen LogP contribution is -2.03. The van der Waals surface area contributed by atoms with Gasteiger partial charge >= 0.3 is 0 Å². The van der Waals surface area contributed by atoms with E-state index in [1.165, 1.54) is 18.9 Å². The van der Waals surface area contributed by atoms with Crippen LogP contribution in [0.3, 0.4) is 0 Å². The Kier molecular flexibility index (Phi) is 3.33. The first-order valence-corrected chi connectivity index (χ1v) is 7.33. The van der Waals surface area contributed by atoms with Crippen molar-refractivity contribution in [1.82, 2.24) is 10.1 Å². The van der Waals surface area contributed by atoms with Crippen LogP contribution in [0.1, 0.15) is 30.3 Å². The van der Waals surface area contributed by atoms with Crippen LogP contribution in [-0.2, 0) is 0 Å². The molecule has 3 N–H and O–H groups in total. The van der Waals surface area contributed by atoms with Crippen LogP contribution in [0.4, 0.5) is 5.69 Å². The molecule has 0 saturated carbocycles. The molecule has 1 fully saturated rings. The first-order valence-electron chi connectivity index (χ1n) is 6.28. The summed E-state index contributed by atoms with van der Waals surface area (Å²) in [6, 6.07) is 4.87. The fourth-order valence-electron chi connectivity index (χ4n) is 2.15. The second-order valence-corrected chi connectivity index (χ2v) is 5.90. The SMILES string of the molecule is Nc1ccc(-c2nc(C3CCCCS3)no2)c(O)c1. The Hall–Kier alpha value is -1.69. The van der Waals surface area contributed by atoms with Gasteiger partial charge in [-0.2, -0.15) is 16.7 Å². The highest BCUT2D eigenvalue weighted by Crippen LogP contribution is 2.38. The predicted molar refractivity (Wildman–Crippen MR) is 74.9 cm³/mol. The van der Waals surface area contributed by atoms with E-state index >= 15 is 0 Å². The first-order chi connectivity index (χ1) is 9.24. The third kappa shape index (κ3) is 2.53. The summed E-state index contributed by atoms with van der Waals surface area (Å²) in [6.07, 6.45) is 3.54. The van der Waals surface area contributed by atoms with Gasteiger partial charge in [0.25, 0.3) is 5.89 Å². The van der Waals surface area contributed by atoms with Gasteiger partial charge in [-0.05, 0) is 30.7 Å². The van der Waals surface area contributed by atoms with Crippen LogP contribution in [0.5, 0.6) is 5.75 Å². The van der Waals surface area contributed by atoms with Crippen LogP contribution < -0.4 is 5.73 Å². The molecule has 0 amide bonds. The molecule has 0 spiro atoms. The lowest BCUT2D eigenvalue weighted by Gasteiger charge is -2.17. The van der Waals surface area contributed by atoms with E-state index in [1.54, 1.807) is 12.1 Å². The van der Waals surface area contributed by atoms with Crippen molar-refractivity contribution in [3.63, 3.8) is 0 Å². The minimum Gasteiger partial charge on any atom is -0.507 e. The quantitative estimate of drug-likeness (QED) is 0.821. The van der Waals surface area contributed by atoms with Crippen molar-refractivity contribution in [3.05, 3.63) is 24.0 Å². The molecule has 1 aliphatic rings. The summed E-state index contributed by atoms with van der Waals surface area (Å²) < 4.78 is 5.25. The highest BCUT2D eigenvalue weighted by atomic mass is 32.2. The molecular weight excluding hydrogens is 262 g/mol. The van der Waals surface area contributed by atoms with E-state index in [4.69, 9.17) is 10.3 Å². The van der Waals surface area contributed by atoms with Crippen LogP contribution in [-0.4, -0.2) is 21.0 Å². The maximum atomic E-state index is 9.85. The number of anilines is 1. The van der Waals surface area contributed by atoms with Gasteiger partial charge in [-0.1, -0.05) is 11.6 Å². The second-order valence-electron chi connectivity index (χ2n) is 4.59. The Labute approximate surface area is 115 Å². The van der Waals surface area contributed by atoms with Gasteiger partial charge in [-0.15, -0.1) is 0 Å². The van der Waals surface area contributed by atoms with E-state index in [2.05, 4.69) is 10.1 Å². The molecule has 1 saturated heterocycles. The average Bonchev–Trinajstić information content (AvgIpc) is 2.89. The molecule has 100 valence electrons. The number of phenolic OH excluding ortho intramolecular Hbond substituents is 1. The number of aromatic nitrogens is 2. The van der Waals surface area contributed by atoms with Gasteiger partial charge < -0.3 is 15.4 Å². The number of nitrogens with two attached hydrogens (primary N) is 1. The number of nitrogens with zero attached hydrogens (tertiary/aromatic N) is 2. The standard InChI is InChI=1S/C13H15N3O2S/c14-8-4-5-9(10(17)7-8)13-15-12(16-18-13)11-3-1-2-6-19-11/h4-5,7,11,17H,1-3,6,14H2. The third-order valence-corrected chi connectivity index (χ3v) is 4.53. The molecule has 1 aliphatic heterocycles. The van der Waals surface area contributed by atoms with Crippen LogP contribution in [0.15, 0.2) is 22.7 Å². The summed E-state index contributed by atoms with van der Waals surface area (Å²) in [6.45, 7) is 0. The molecule has 6 heteroatoms. The largest absolute Gasteiger partial charge is 0.507 e. The molecule has 1 unspecified atom stereocenters. The Morgan fingerprint density at radius 3 is 3.00 bits per heavy atom. The van der Waals surface area contributed by atoms with Crippen molar-refractivity contribution in [2.24, 2.45) is 0 Å². The molecule has 0 radical (unpaired) electrons. The van der Waals surface area contributed by atoms with Crippen molar-refractivity contribution >= 4 is 17.4 Å². The summed E-state index contributed by atoms with van der Waals surface area (Å²) >= 11 is 1.86. The molecule has 1 aromatic heterocycles. The van der Waals surface area contributed by atoms with Crippen molar-refractivity contribution in [2.45, 2.75) is 24.5 Å². The zero-order valence-corrected chi connectivity index (χ0v) is 11.2. The van der Waals surface area contributed by atoms with E-state index in [0.717, 1.165) is 18.0 Å². The first kappa shape index (κ1) is 12.3. The molecule has 0 bridgehead atoms. The van der Waals surface area contributed by atoms with E-state index in [1.807, 2.05) is 11.8 Å². The number of rotatable bonds is 2. The van der Waals surface area contributed by atoms with E-state index in [-0.39, 0.29) is 5.75 Å². The maximum absolute atomic E-state index is 9.85. The summed E-state index contributed by atoms with van der Waals surface area (Å²) in [5.41, 5.74) is 6.62. The lowest BCUT2D eigenvalue weighted by atomic mass is 10.1. The minimum absolute atomic E-state index is 0.0616. The number of aromatic hydroxyl groups is 1. The Bertz CT molecular complexity index is 579. The highest BCUT2D eigenvalue weighted by Gasteiger charge is 2.22. The van der Waals surface area contributed by atoms with Crippen molar-refractivity contribution in [3.8, 4) is 17.2 Å². The van der Waals surface area contributed by atoms with Crippen LogP contribution in [0, 0.1) is 0 Å². The van der Waals surface area contributed by atoms with E-state index in [9.17, 15) is 5.11 Å². The van der Waals surface area contributed by atoms with Crippen LogP contribution >= 0.6 is 11.8 Å². The monoisotopic (exact) mass is 277 g/mol. The van der Waals surface area contributed by atoms with Crippen LogP contribution in [0.2, 0.25) is 0 Å². The molecule has 3 rings (SSSR count). The highest BCUT2D eigenvalue weighted by molar-refractivity contribution is 7.99. The fourth-order valence-corrected chi connectivity index (χ4v) is 3.38. The normalized spacial score (nSPS) is 19.5. The number of thioether (sulfide) groups is 1. The van der Waals surface area contributed by atoms with E-state index < -0.39 is 0 Å². The number of benzene rings is 1. The minimum atomic E-state index is 0.0616. The Balaban J connectivity index is 1.87. The summed E-state index contributed by atoms with van der Waals surface area (Å²) in [7, 11) is 0. The second kappa shape index (κ2) is 5.13. The molecular formula is C13H15N3O2S. The van der Waals surface area contributed by atoms with Gasteiger partial charge in [0.2, 0.25) is 0 Å². The predicted octanol–water partition coefficient (Wildman–Crippen LogP) is 2.98. The van der Waals surface area contributed by atoms with Crippen molar-refractivity contribution in [1.29, 1.82) is 0 Å². The van der Waals surface area contributed by atoms with Crippen LogP contribution in [0.25, 0.3) is 11.5 Å². The number of phenols is 1.